The Bertz CT molecular complexity index is 755. The van der Waals surface area contributed by atoms with Crippen molar-refractivity contribution in [3.63, 3.8) is 0 Å². The first-order valence-corrected chi connectivity index (χ1v) is 7.90. The van der Waals surface area contributed by atoms with Crippen molar-refractivity contribution in [3.8, 4) is 0 Å². The molecule has 0 aliphatic rings. The van der Waals surface area contributed by atoms with Crippen molar-refractivity contribution in [1.29, 1.82) is 0 Å². The van der Waals surface area contributed by atoms with E-state index >= 15 is 0 Å². The Kier molecular flexibility index (Phi) is 5.20. The lowest BCUT2D eigenvalue weighted by atomic mass is 10.1. The minimum Gasteiger partial charge on any atom is -0.465 e. The predicted octanol–water partition coefficient (Wildman–Crippen LogP) is 1.68. The lowest BCUT2D eigenvalue weighted by Gasteiger charge is -2.14. The van der Waals surface area contributed by atoms with E-state index in [9.17, 15) is 14.7 Å². The quantitative estimate of drug-likeness (QED) is 0.512. The maximum absolute atomic E-state index is 12.6. The van der Waals surface area contributed by atoms with Gasteiger partial charge in [-0.1, -0.05) is 18.7 Å². The molecule has 22 heavy (non-hydrogen) atoms. The lowest BCUT2D eigenvalue weighted by Crippen LogP contribution is -2.28. The van der Waals surface area contributed by atoms with Gasteiger partial charge in [0.05, 0.1) is 36.2 Å². The first-order valence-electron chi connectivity index (χ1n) is 6.91. The van der Waals surface area contributed by atoms with Gasteiger partial charge in [-0.05, 0) is 30.9 Å². The number of hydrogen-bond donors (Lipinski definition) is 1. The third-order valence-corrected chi connectivity index (χ3v) is 3.92. The molecule has 0 spiro atoms. The summed E-state index contributed by atoms with van der Waals surface area (Å²) in [7, 11) is 1.30. The van der Waals surface area contributed by atoms with Gasteiger partial charge < -0.3 is 9.84 Å². The van der Waals surface area contributed by atoms with Gasteiger partial charge in [0.1, 0.15) is 0 Å². The first-order chi connectivity index (χ1) is 10.5. The number of fused-ring (bicyclic) bond motifs is 1. The molecule has 0 bridgehead atoms. The van der Waals surface area contributed by atoms with Gasteiger partial charge in [0.25, 0.3) is 5.56 Å². The average molecular weight is 322 g/mol. The SMILES string of the molecule is CCSc1nc2cc(C(=O)OC)ccc2c(=O)n1C[C@@H](C)O. The van der Waals surface area contributed by atoms with E-state index in [1.54, 1.807) is 19.1 Å². The molecule has 0 aliphatic heterocycles. The topological polar surface area (TPSA) is 81.4 Å². The first kappa shape index (κ1) is 16.5. The molecule has 118 valence electrons. The van der Waals surface area contributed by atoms with E-state index in [0.29, 0.717) is 21.6 Å². The molecule has 1 aromatic heterocycles. The largest absolute Gasteiger partial charge is 0.465 e. The highest BCUT2D eigenvalue weighted by molar-refractivity contribution is 7.99. The van der Waals surface area contributed by atoms with Crippen LogP contribution in [0.4, 0.5) is 0 Å². The molecule has 1 atom stereocenters. The molecule has 1 aromatic carbocycles. The fourth-order valence-corrected chi connectivity index (χ4v) is 2.84. The number of nitrogens with zero attached hydrogens (tertiary/aromatic N) is 2. The number of carbonyl (C=O) groups excluding carboxylic acids is 1. The van der Waals surface area contributed by atoms with E-state index in [1.807, 2.05) is 6.92 Å². The van der Waals surface area contributed by atoms with Crippen molar-refractivity contribution in [1.82, 2.24) is 9.55 Å². The van der Waals surface area contributed by atoms with E-state index in [4.69, 9.17) is 0 Å². The van der Waals surface area contributed by atoms with Crippen molar-refractivity contribution in [3.05, 3.63) is 34.1 Å². The van der Waals surface area contributed by atoms with Crippen LogP contribution >= 0.6 is 11.8 Å². The number of carbonyl (C=O) groups is 1. The molecular weight excluding hydrogens is 304 g/mol. The van der Waals surface area contributed by atoms with Gasteiger partial charge in [-0.25, -0.2) is 9.78 Å². The Morgan fingerprint density at radius 2 is 2.23 bits per heavy atom. The smallest absolute Gasteiger partial charge is 0.337 e. The molecule has 7 heteroatoms. The van der Waals surface area contributed by atoms with Gasteiger partial charge >= 0.3 is 5.97 Å². The van der Waals surface area contributed by atoms with Gasteiger partial charge in [0.15, 0.2) is 5.16 Å². The van der Waals surface area contributed by atoms with Crippen LogP contribution in [0, 0.1) is 0 Å². The monoisotopic (exact) mass is 322 g/mol. The zero-order valence-electron chi connectivity index (χ0n) is 12.7. The number of ether oxygens (including phenoxy) is 1. The Morgan fingerprint density at radius 1 is 1.50 bits per heavy atom. The summed E-state index contributed by atoms with van der Waals surface area (Å²) in [5.74, 6) is 0.274. The molecule has 0 amide bonds. The zero-order valence-corrected chi connectivity index (χ0v) is 13.5. The highest BCUT2D eigenvalue weighted by Crippen LogP contribution is 2.19. The number of rotatable bonds is 5. The van der Waals surface area contributed by atoms with Crippen molar-refractivity contribution in [2.75, 3.05) is 12.9 Å². The Morgan fingerprint density at radius 3 is 2.82 bits per heavy atom. The number of aromatic nitrogens is 2. The average Bonchev–Trinajstić information content (AvgIpc) is 2.49. The van der Waals surface area contributed by atoms with Gasteiger partial charge in [0, 0.05) is 0 Å². The summed E-state index contributed by atoms with van der Waals surface area (Å²) in [5, 5.41) is 10.5. The van der Waals surface area contributed by atoms with Crippen LogP contribution in [-0.2, 0) is 11.3 Å². The van der Waals surface area contributed by atoms with Crippen LogP contribution < -0.4 is 5.56 Å². The second-order valence-corrected chi connectivity index (χ2v) is 6.05. The van der Waals surface area contributed by atoms with Gasteiger partial charge in [0.2, 0.25) is 0 Å². The van der Waals surface area contributed by atoms with Crippen molar-refractivity contribution in [2.24, 2.45) is 0 Å². The Labute approximate surface area is 132 Å². The molecule has 0 aliphatic carbocycles. The molecule has 0 unspecified atom stereocenters. The van der Waals surface area contributed by atoms with Gasteiger partial charge in [-0.2, -0.15) is 0 Å². The van der Waals surface area contributed by atoms with Crippen LogP contribution in [0.1, 0.15) is 24.2 Å². The molecular formula is C15H18N2O4S. The molecule has 6 nitrogen and oxygen atoms in total. The number of benzene rings is 1. The summed E-state index contributed by atoms with van der Waals surface area (Å²) in [4.78, 5) is 28.6. The Balaban J connectivity index is 2.66. The lowest BCUT2D eigenvalue weighted by molar-refractivity contribution is 0.0601. The minimum absolute atomic E-state index is 0.183. The Hall–Kier alpha value is -1.86. The molecule has 0 saturated carbocycles. The van der Waals surface area contributed by atoms with E-state index in [1.165, 1.54) is 29.5 Å². The third kappa shape index (κ3) is 3.31. The molecule has 0 radical (unpaired) electrons. The standard InChI is InChI=1S/C15H18N2O4S/c1-4-22-15-16-12-7-10(14(20)21-3)5-6-11(12)13(19)17(15)8-9(2)18/h5-7,9,18H,4,8H2,1-3H3/t9-/m1/s1. The zero-order chi connectivity index (χ0) is 16.3. The summed E-state index contributed by atoms with van der Waals surface area (Å²) < 4.78 is 6.15. The fraction of sp³-hybridized carbons (Fsp3) is 0.400. The summed E-state index contributed by atoms with van der Waals surface area (Å²) in [6.45, 7) is 3.76. The van der Waals surface area contributed by atoms with E-state index in [-0.39, 0.29) is 12.1 Å². The molecule has 0 fully saturated rings. The van der Waals surface area contributed by atoms with Crippen LogP contribution in [0.2, 0.25) is 0 Å². The fourth-order valence-electron chi connectivity index (χ4n) is 2.11. The predicted molar refractivity (Wildman–Crippen MR) is 85.4 cm³/mol. The summed E-state index contributed by atoms with van der Waals surface area (Å²) in [6, 6.07) is 4.65. The third-order valence-electron chi connectivity index (χ3n) is 3.06. The summed E-state index contributed by atoms with van der Waals surface area (Å²) in [5.41, 5.74) is 0.576. The highest BCUT2D eigenvalue weighted by atomic mass is 32.2. The second-order valence-electron chi connectivity index (χ2n) is 4.82. The number of esters is 1. The van der Waals surface area contributed by atoms with Gasteiger partial charge in [-0.15, -0.1) is 0 Å². The maximum atomic E-state index is 12.6. The second kappa shape index (κ2) is 6.93. The number of methoxy groups -OCH3 is 1. The van der Waals surface area contributed by atoms with Crippen molar-refractivity contribution in [2.45, 2.75) is 31.7 Å². The molecule has 2 rings (SSSR count). The van der Waals surface area contributed by atoms with Crippen molar-refractivity contribution < 1.29 is 14.6 Å². The maximum Gasteiger partial charge on any atom is 0.337 e. The normalized spacial score (nSPS) is 12.4. The van der Waals surface area contributed by atoms with Gasteiger partial charge in [-0.3, -0.25) is 9.36 Å². The van der Waals surface area contributed by atoms with Crippen molar-refractivity contribution >= 4 is 28.6 Å². The van der Waals surface area contributed by atoms with Crippen LogP contribution in [0.25, 0.3) is 10.9 Å². The van der Waals surface area contributed by atoms with Crippen LogP contribution in [-0.4, -0.2) is 39.6 Å². The van der Waals surface area contributed by atoms with Crippen LogP contribution in [0.15, 0.2) is 28.2 Å². The summed E-state index contributed by atoms with van der Waals surface area (Å²) >= 11 is 1.42. The number of aliphatic hydroxyl groups is 1. The summed E-state index contributed by atoms with van der Waals surface area (Å²) in [6.07, 6.45) is -0.650. The van der Waals surface area contributed by atoms with Crippen LogP contribution in [0.5, 0.6) is 0 Å². The van der Waals surface area contributed by atoms with E-state index in [2.05, 4.69) is 9.72 Å². The number of thioether (sulfide) groups is 1. The molecule has 2 aromatic rings. The van der Waals surface area contributed by atoms with E-state index in [0.717, 1.165) is 5.75 Å². The molecule has 1 heterocycles. The molecule has 1 N–H and O–H groups in total. The minimum atomic E-state index is -0.650. The number of hydrogen-bond acceptors (Lipinski definition) is 6. The number of aliphatic hydroxyl groups excluding tert-OH is 1. The van der Waals surface area contributed by atoms with E-state index < -0.39 is 12.1 Å². The highest BCUT2D eigenvalue weighted by Gasteiger charge is 2.15. The molecule has 0 saturated heterocycles. The van der Waals surface area contributed by atoms with Crippen LogP contribution in [0.3, 0.4) is 0 Å².